The number of likely N-dealkylation sites (N-methyl/N-ethyl adjacent to an activating group) is 1. The molecule has 0 aromatic heterocycles. The maximum atomic E-state index is 12.2. The molecule has 2 amide bonds. The summed E-state index contributed by atoms with van der Waals surface area (Å²) in [6.45, 7) is 1.11. The van der Waals surface area contributed by atoms with Crippen LogP contribution in [0.4, 0.5) is 11.4 Å². The maximum Gasteiger partial charge on any atom is 0.251 e. The lowest BCUT2D eigenvalue weighted by molar-refractivity contribution is -0.114. The number of carbonyl (C=O) groups is 2. The van der Waals surface area contributed by atoms with Gasteiger partial charge < -0.3 is 20.3 Å². The monoisotopic (exact) mass is 341 g/mol. The molecule has 0 unspecified atom stereocenters. The highest BCUT2D eigenvalue weighted by molar-refractivity contribution is 5.98. The quantitative estimate of drug-likeness (QED) is 0.722. The second-order valence-corrected chi connectivity index (χ2v) is 5.57. The van der Waals surface area contributed by atoms with E-state index >= 15 is 0 Å². The fourth-order valence-electron chi connectivity index (χ4n) is 2.30. The number of amides is 2. The lowest BCUT2D eigenvalue weighted by Crippen LogP contribution is -2.30. The second kappa shape index (κ2) is 9.44. The molecule has 0 aliphatic carbocycles. The van der Waals surface area contributed by atoms with Crippen molar-refractivity contribution in [3.05, 3.63) is 60.2 Å². The van der Waals surface area contributed by atoms with E-state index in [0.717, 1.165) is 5.69 Å². The first-order valence-electron chi connectivity index (χ1n) is 8.03. The molecule has 6 heteroatoms. The average Bonchev–Trinajstić information content (AvgIpc) is 2.62. The molecule has 132 valence electrons. The number of ether oxygens (including phenoxy) is 1. The normalized spacial score (nSPS) is 10.2. The number of benzene rings is 2. The summed E-state index contributed by atoms with van der Waals surface area (Å²) in [7, 11) is 3.43. The third-order valence-electron chi connectivity index (χ3n) is 3.58. The number of anilines is 2. The first-order valence-corrected chi connectivity index (χ1v) is 8.03. The first kappa shape index (κ1) is 18.5. The van der Waals surface area contributed by atoms with Crippen molar-refractivity contribution in [2.75, 3.05) is 44.1 Å². The Kier molecular flexibility index (Phi) is 6.98. The zero-order chi connectivity index (χ0) is 18.1. The minimum Gasteiger partial charge on any atom is -0.383 e. The van der Waals surface area contributed by atoms with Gasteiger partial charge in [-0.2, -0.15) is 0 Å². The van der Waals surface area contributed by atoms with Crippen molar-refractivity contribution >= 4 is 23.2 Å². The molecule has 2 aromatic carbocycles. The van der Waals surface area contributed by atoms with Crippen molar-refractivity contribution in [2.24, 2.45) is 0 Å². The third kappa shape index (κ3) is 5.93. The van der Waals surface area contributed by atoms with E-state index in [-0.39, 0.29) is 18.4 Å². The van der Waals surface area contributed by atoms with E-state index in [1.54, 1.807) is 31.4 Å². The van der Waals surface area contributed by atoms with Crippen molar-refractivity contribution in [3.8, 4) is 0 Å². The van der Waals surface area contributed by atoms with Crippen LogP contribution in [-0.4, -0.2) is 45.7 Å². The SMILES string of the molecule is COCCNC(=O)c1cccc(NC(=O)CN(C)c2ccccc2)c1. The van der Waals surface area contributed by atoms with E-state index in [1.165, 1.54) is 0 Å². The Morgan fingerprint density at radius 3 is 2.56 bits per heavy atom. The van der Waals surface area contributed by atoms with Crippen LogP contribution in [0.15, 0.2) is 54.6 Å². The Morgan fingerprint density at radius 2 is 1.84 bits per heavy atom. The summed E-state index contributed by atoms with van der Waals surface area (Å²) < 4.78 is 4.90. The van der Waals surface area contributed by atoms with Gasteiger partial charge in [0.15, 0.2) is 0 Å². The predicted molar refractivity (Wildman–Crippen MR) is 99.0 cm³/mol. The number of para-hydroxylation sites is 1. The molecule has 6 nitrogen and oxygen atoms in total. The highest BCUT2D eigenvalue weighted by atomic mass is 16.5. The summed E-state index contributed by atoms with van der Waals surface area (Å²) in [6.07, 6.45) is 0. The Hall–Kier alpha value is -2.86. The molecule has 0 aliphatic heterocycles. The lowest BCUT2D eigenvalue weighted by atomic mass is 10.2. The highest BCUT2D eigenvalue weighted by Gasteiger charge is 2.10. The summed E-state index contributed by atoms with van der Waals surface area (Å²) in [5.41, 5.74) is 2.04. The summed E-state index contributed by atoms with van der Waals surface area (Å²) in [4.78, 5) is 26.1. The molecule has 0 bridgehead atoms. The predicted octanol–water partition coefficient (Wildman–Crippen LogP) is 2.14. The van der Waals surface area contributed by atoms with Crippen LogP contribution in [0, 0.1) is 0 Å². The summed E-state index contributed by atoms with van der Waals surface area (Å²) in [5, 5.41) is 5.57. The Balaban J connectivity index is 1.92. The summed E-state index contributed by atoms with van der Waals surface area (Å²) in [5.74, 6) is -0.349. The number of hydrogen-bond acceptors (Lipinski definition) is 4. The molecule has 0 saturated heterocycles. The van der Waals surface area contributed by atoms with Gasteiger partial charge in [0.2, 0.25) is 5.91 Å². The van der Waals surface area contributed by atoms with Crippen molar-refractivity contribution < 1.29 is 14.3 Å². The van der Waals surface area contributed by atoms with Gasteiger partial charge in [-0.15, -0.1) is 0 Å². The van der Waals surface area contributed by atoms with Gasteiger partial charge in [-0.1, -0.05) is 24.3 Å². The van der Waals surface area contributed by atoms with Crippen LogP contribution in [0.3, 0.4) is 0 Å². The number of carbonyl (C=O) groups excluding carboxylic acids is 2. The van der Waals surface area contributed by atoms with E-state index < -0.39 is 0 Å². The van der Waals surface area contributed by atoms with E-state index in [9.17, 15) is 9.59 Å². The Morgan fingerprint density at radius 1 is 1.08 bits per heavy atom. The molecule has 25 heavy (non-hydrogen) atoms. The maximum absolute atomic E-state index is 12.2. The number of hydrogen-bond donors (Lipinski definition) is 2. The van der Waals surface area contributed by atoms with E-state index in [2.05, 4.69) is 10.6 Å². The van der Waals surface area contributed by atoms with Crippen LogP contribution < -0.4 is 15.5 Å². The minimum atomic E-state index is -0.199. The van der Waals surface area contributed by atoms with Gasteiger partial charge in [-0.05, 0) is 30.3 Å². The molecule has 0 radical (unpaired) electrons. The van der Waals surface area contributed by atoms with Crippen LogP contribution >= 0.6 is 0 Å². The molecular weight excluding hydrogens is 318 g/mol. The van der Waals surface area contributed by atoms with Crippen LogP contribution in [0.2, 0.25) is 0 Å². The van der Waals surface area contributed by atoms with Crippen LogP contribution in [0.5, 0.6) is 0 Å². The van der Waals surface area contributed by atoms with E-state index in [0.29, 0.717) is 24.4 Å². The molecule has 2 N–H and O–H groups in total. The standard InChI is InChI=1S/C19H23N3O3/c1-22(17-9-4-3-5-10-17)14-18(23)21-16-8-6-7-15(13-16)19(24)20-11-12-25-2/h3-10,13H,11-12,14H2,1-2H3,(H,20,24)(H,21,23). The topological polar surface area (TPSA) is 70.7 Å². The zero-order valence-corrected chi connectivity index (χ0v) is 14.5. The molecule has 0 atom stereocenters. The van der Waals surface area contributed by atoms with Crippen molar-refractivity contribution in [3.63, 3.8) is 0 Å². The Labute approximate surface area is 147 Å². The average molecular weight is 341 g/mol. The Bertz CT molecular complexity index is 704. The number of rotatable bonds is 8. The smallest absolute Gasteiger partial charge is 0.251 e. The van der Waals surface area contributed by atoms with Crippen molar-refractivity contribution in [1.82, 2.24) is 5.32 Å². The second-order valence-electron chi connectivity index (χ2n) is 5.57. The molecule has 0 fully saturated rings. The molecule has 0 spiro atoms. The minimum absolute atomic E-state index is 0.150. The lowest BCUT2D eigenvalue weighted by Gasteiger charge is -2.18. The van der Waals surface area contributed by atoms with Gasteiger partial charge in [-0.25, -0.2) is 0 Å². The van der Waals surface area contributed by atoms with Crippen LogP contribution in [0.1, 0.15) is 10.4 Å². The van der Waals surface area contributed by atoms with Crippen molar-refractivity contribution in [2.45, 2.75) is 0 Å². The number of nitrogens with zero attached hydrogens (tertiary/aromatic N) is 1. The van der Waals surface area contributed by atoms with Gasteiger partial charge in [0.1, 0.15) is 0 Å². The van der Waals surface area contributed by atoms with Gasteiger partial charge >= 0.3 is 0 Å². The largest absolute Gasteiger partial charge is 0.383 e. The molecular formula is C19H23N3O3. The van der Waals surface area contributed by atoms with Gasteiger partial charge in [-0.3, -0.25) is 9.59 Å². The molecule has 0 heterocycles. The van der Waals surface area contributed by atoms with Gasteiger partial charge in [0.25, 0.3) is 5.91 Å². The van der Waals surface area contributed by atoms with Crippen molar-refractivity contribution in [1.29, 1.82) is 0 Å². The van der Waals surface area contributed by atoms with Gasteiger partial charge in [0, 0.05) is 37.6 Å². The molecule has 2 rings (SSSR count). The van der Waals surface area contributed by atoms with Crippen LogP contribution in [0.25, 0.3) is 0 Å². The number of methoxy groups -OCH3 is 1. The zero-order valence-electron chi connectivity index (χ0n) is 14.5. The summed E-state index contributed by atoms with van der Waals surface area (Å²) >= 11 is 0. The van der Waals surface area contributed by atoms with E-state index in [4.69, 9.17) is 4.74 Å². The molecule has 0 saturated carbocycles. The first-order chi connectivity index (χ1) is 12.1. The van der Waals surface area contributed by atoms with Crippen LogP contribution in [-0.2, 0) is 9.53 Å². The van der Waals surface area contributed by atoms with Gasteiger partial charge in [0.05, 0.1) is 13.2 Å². The van der Waals surface area contributed by atoms with E-state index in [1.807, 2.05) is 42.3 Å². The molecule has 0 aliphatic rings. The third-order valence-corrected chi connectivity index (χ3v) is 3.58. The highest BCUT2D eigenvalue weighted by Crippen LogP contribution is 2.13. The molecule has 2 aromatic rings. The number of nitrogens with one attached hydrogen (secondary N) is 2. The fourth-order valence-corrected chi connectivity index (χ4v) is 2.30. The fraction of sp³-hybridized carbons (Fsp3) is 0.263. The summed E-state index contributed by atoms with van der Waals surface area (Å²) in [6, 6.07) is 16.5.